The molecule has 3 rings (SSSR count). The Morgan fingerprint density at radius 1 is 1.37 bits per heavy atom. The molecule has 1 N–H and O–H groups in total. The molecule has 0 atom stereocenters. The van der Waals surface area contributed by atoms with E-state index in [1.165, 1.54) is 10.8 Å². The smallest absolute Gasteiger partial charge is 0.230 e. The highest BCUT2D eigenvalue weighted by atomic mass is 35.5. The van der Waals surface area contributed by atoms with Crippen LogP contribution in [0.3, 0.4) is 0 Å². The Balaban J connectivity index is 2.15. The molecule has 0 aliphatic heterocycles. The molecule has 0 aliphatic carbocycles. The van der Waals surface area contributed by atoms with Gasteiger partial charge in [-0.3, -0.25) is 9.89 Å². The molecule has 0 amide bonds. The lowest BCUT2D eigenvalue weighted by atomic mass is 10.0. The lowest BCUT2D eigenvalue weighted by Crippen LogP contribution is -2.17. The first-order chi connectivity index (χ1) is 9.16. The molecule has 19 heavy (non-hydrogen) atoms. The zero-order chi connectivity index (χ0) is 13.4. The SMILES string of the molecule is Cc1[nH]n2cnnc2c(=O)c1Cc1ccccc1Cl. The van der Waals surface area contributed by atoms with Gasteiger partial charge in [-0.1, -0.05) is 29.8 Å². The summed E-state index contributed by atoms with van der Waals surface area (Å²) in [6, 6.07) is 7.50. The molecular weight excluding hydrogens is 264 g/mol. The van der Waals surface area contributed by atoms with Crippen molar-refractivity contribution in [1.82, 2.24) is 19.8 Å². The van der Waals surface area contributed by atoms with E-state index in [4.69, 9.17) is 11.6 Å². The number of aromatic amines is 1. The van der Waals surface area contributed by atoms with Crippen LogP contribution in [0.5, 0.6) is 0 Å². The molecule has 96 valence electrons. The summed E-state index contributed by atoms with van der Waals surface area (Å²) in [4.78, 5) is 12.3. The summed E-state index contributed by atoms with van der Waals surface area (Å²) in [5.41, 5.74) is 2.55. The molecule has 0 bridgehead atoms. The van der Waals surface area contributed by atoms with Crippen LogP contribution in [0.1, 0.15) is 16.8 Å². The highest BCUT2D eigenvalue weighted by Crippen LogP contribution is 2.18. The Bertz CT molecular complexity index is 806. The topological polar surface area (TPSA) is 63.1 Å². The van der Waals surface area contributed by atoms with Crippen LogP contribution in [-0.4, -0.2) is 19.8 Å². The molecule has 5 nitrogen and oxygen atoms in total. The van der Waals surface area contributed by atoms with Crippen LogP contribution >= 0.6 is 11.6 Å². The van der Waals surface area contributed by atoms with Gasteiger partial charge in [-0.05, 0) is 18.6 Å². The number of aryl methyl sites for hydroxylation is 1. The number of halogens is 1. The van der Waals surface area contributed by atoms with Crippen LogP contribution < -0.4 is 5.43 Å². The second kappa shape index (κ2) is 4.51. The molecule has 0 spiro atoms. The number of aromatic nitrogens is 4. The molecule has 2 heterocycles. The van der Waals surface area contributed by atoms with Gasteiger partial charge in [-0.15, -0.1) is 10.2 Å². The number of rotatable bonds is 2. The largest absolute Gasteiger partial charge is 0.295 e. The predicted molar refractivity (Wildman–Crippen MR) is 72.6 cm³/mol. The summed E-state index contributed by atoms with van der Waals surface area (Å²) < 4.78 is 1.52. The zero-order valence-corrected chi connectivity index (χ0v) is 11.0. The van der Waals surface area contributed by atoms with Crippen LogP contribution in [0.4, 0.5) is 0 Å². The molecule has 1 aromatic carbocycles. The molecule has 6 heteroatoms. The lowest BCUT2D eigenvalue weighted by Gasteiger charge is -2.07. The Labute approximate surface area is 113 Å². The second-order valence-electron chi connectivity index (χ2n) is 4.34. The Morgan fingerprint density at radius 3 is 2.95 bits per heavy atom. The highest BCUT2D eigenvalue weighted by molar-refractivity contribution is 6.31. The fraction of sp³-hybridized carbons (Fsp3) is 0.154. The average Bonchev–Trinajstić information content (AvgIpc) is 2.84. The van der Waals surface area contributed by atoms with E-state index in [2.05, 4.69) is 15.3 Å². The van der Waals surface area contributed by atoms with Crippen molar-refractivity contribution in [3.05, 3.63) is 62.7 Å². The fourth-order valence-corrected chi connectivity index (χ4v) is 2.27. The predicted octanol–water partition coefficient (Wildman–Crippen LogP) is 1.97. The third kappa shape index (κ3) is 2.02. The van der Waals surface area contributed by atoms with Crippen molar-refractivity contribution in [2.45, 2.75) is 13.3 Å². The monoisotopic (exact) mass is 274 g/mol. The number of hydrogen-bond acceptors (Lipinski definition) is 3. The number of fused-ring (bicyclic) bond motifs is 1. The van der Waals surface area contributed by atoms with E-state index in [1.807, 2.05) is 31.2 Å². The van der Waals surface area contributed by atoms with Crippen LogP contribution in [-0.2, 0) is 6.42 Å². The quantitative estimate of drug-likeness (QED) is 0.777. The minimum Gasteiger partial charge on any atom is -0.295 e. The first-order valence-corrected chi connectivity index (χ1v) is 6.19. The Hall–Kier alpha value is -2.14. The third-order valence-corrected chi connectivity index (χ3v) is 3.46. The summed E-state index contributed by atoms with van der Waals surface area (Å²) in [6.07, 6.45) is 1.95. The van der Waals surface area contributed by atoms with Crippen LogP contribution in [0.25, 0.3) is 5.65 Å². The van der Waals surface area contributed by atoms with E-state index >= 15 is 0 Å². The van der Waals surface area contributed by atoms with Gasteiger partial charge in [0, 0.05) is 22.7 Å². The van der Waals surface area contributed by atoms with Crippen LogP contribution in [0.15, 0.2) is 35.4 Å². The molecule has 2 aromatic heterocycles. The number of hydrogen-bond donors (Lipinski definition) is 1. The van der Waals surface area contributed by atoms with E-state index in [0.717, 1.165) is 11.3 Å². The molecule has 0 saturated heterocycles. The van der Waals surface area contributed by atoms with Gasteiger partial charge < -0.3 is 0 Å². The molecule has 0 radical (unpaired) electrons. The van der Waals surface area contributed by atoms with E-state index in [1.54, 1.807) is 0 Å². The van der Waals surface area contributed by atoms with E-state index < -0.39 is 0 Å². The molecular formula is C13H11ClN4O. The van der Waals surface area contributed by atoms with Gasteiger partial charge in [0.1, 0.15) is 6.33 Å². The highest BCUT2D eigenvalue weighted by Gasteiger charge is 2.12. The molecule has 0 aliphatic rings. The second-order valence-corrected chi connectivity index (χ2v) is 4.74. The first kappa shape index (κ1) is 11.9. The van der Waals surface area contributed by atoms with Crippen LogP contribution in [0.2, 0.25) is 5.02 Å². The maximum atomic E-state index is 12.3. The Morgan fingerprint density at radius 2 is 2.16 bits per heavy atom. The van der Waals surface area contributed by atoms with Gasteiger partial charge >= 0.3 is 0 Å². The summed E-state index contributed by atoms with van der Waals surface area (Å²) in [6.45, 7) is 1.85. The molecule has 0 unspecified atom stereocenters. The van der Waals surface area contributed by atoms with E-state index in [-0.39, 0.29) is 5.43 Å². The maximum absolute atomic E-state index is 12.3. The number of benzene rings is 1. The van der Waals surface area contributed by atoms with Crippen molar-refractivity contribution in [2.75, 3.05) is 0 Å². The van der Waals surface area contributed by atoms with Gasteiger partial charge in [0.15, 0.2) is 0 Å². The number of H-pyrrole nitrogens is 1. The van der Waals surface area contributed by atoms with Crippen molar-refractivity contribution in [2.24, 2.45) is 0 Å². The number of nitrogens with zero attached hydrogens (tertiary/aromatic N) is 3. The zero-order valence-electron chi connectivity index (χ0n) is 10.2. The Kier molecular flexibility index (Phi) is 2.83. The first-order valence-electron chi connectivity index (χ1n) is 5.81. The van der Waals surface area contributed by atoms with Crippen LogP contribution in [0, 0.1) is 6.92 Å². The maximum Gasteiger partial charge on any atom is 0.230 e. The normalized spacial score (nSPS) is 11.1. The van der Waals surface area contributed by atoms with Gasteiger partial charge in [-0.2, -0.15) is 0 Å². The molecule has 0 fully saturated rings. The lowest BCUT2D eigenvalue weighted by molar-refractivity contribution is 0.865. The van der Waals surface area contributed by atoms with Gasteiger partial charge in [-0.25, -0.2) is 4.52 Å². The van der Waals surface area contributed by atoms with Gasteiger partial charge in [0.2, 0.25) is 11.1 Å². The van der Waals surface area contributed by atoms with Crippen molar-refractivity contribution < 1.29 is 0 Å². The van der Waals surface area contributed by atoms with Gasteiger partial charge in [0.05, 0.1) is 0 Å². The van der Waals surface area contributed by atoms with Crippen molar-refractivity contribution >= 4 is 17.2 Å². The average molecular weight is 275 g/mol. The summed E-state index contributed by atoms with van der Waals surface area (Å²) in [5.74, 6) is 0. The van der Waals surface area contributed by atoms with Crippen molar-refractivity contribution in [3.8, 4) is 0 Å². The standard InChI is InChI=1S/C13H11ClN4O/c1-8-10(6-9-4-2-3-5-11(9)14)12(19)13-16-15-7-18(13)17-8/h2-5,7,17H,6H2,1H3. The molecule has 3 aromatic rings. The summed E-state index contributed by atoms with van der Waals surface area (Å²) >= 11 is 6.13. The summed E-state index contributed by atoms with van der Waals surface area (Å²) in [7, 11) is 0. The van der Waals surface area contributed by atoms with Gasteiger partial charge in [0.25, 0.3) is 0 Å². The molecule has 0 saturated carbocycles. The number of nitrogens with one attached hydrogen (secondary N) is 1. The fourth-order valence-electron chi connectivity index (χ4n) is 2.07. The minimum absolute atomic E-state index is 0.117. The third-order valence-electron chi connectivity index (χ3n) is 3.09. The van der Waals surface area contributed by atoms with Crippen molar-refractivity contribution in [1.29, 1.82) is 0 Å². The minimum atomic E-state index is -0.117. The van der Waals surface area contributed by atoms with Crippen molar-refractivity contribution in [3.63, 3.8) is 0 Å². The van der Waals surface area contributed by atoms with E-state index in [0.29, 0.717) is 22.7 Å². The summed E-state index contributed by atoms with van der Waals surface area (Å²) in [5, 5.41) is 11.3. The van der Waals surface area contributed by atoms with E-state index in [9.17, 15) is 4.79 Å².